The molecule has 1 N–H and O–H groups in total. The van der Waals surface area contributed by atoms with E-state index in [0.29, 0.717) is 10.9 Å². The van der Waals surface area contributed by atoms with Gasteiger partial charge in [0.05, 0.1) is 0 Å². The molecule has 0 unspecified atom stereocenters. The van der Waals surface area contributed by atoms with E-state index in [1.807, 2.05) is 0 Å². The van der Waals surface area contributed by atoms with Crippen molar-refractivity contribution in [2.45, 2.75) is 38.1 Å². The van der Waals surface area contributed by atoms with Crippen LogP contribution < -0.4 is 0 Å². The Morgan fingerprint density at radius 1 is 1.53 bits per heavy atom. The lowest BCUT2D eigenvalue weighted by atomic mass is 10.3. The molecule has 0 aliphatic rings. The lowest BCUT2D eigenvalue weighted by Crippen LogP contribution is -1.90. The van der Waals surface area contributed by atoms with Crippen LogP contribution in [0.4, 0.5) is 5.82 Å². The van der Waals surface area contributed by atoms with Gasteiger partial charge in [0.1, 0.15) is 0 Å². The highest BCUT2D eigenvalue weighted by atomic mass is 32.2. The second kappa shape index (κ2) is 5.75. The Bertz CT molecular complexity index is 338. The Hall–Kier alpha value is -1.04. The van der Waals surface area contributed by atoms with Gasteiger partial charge in [-0.15, -0.1) is 0 Å². The molecule has 1 heterocycles. The Kier molecular flexibility index (Phi) is 4.61. The van der Waals surface area contributed by atoms with E-state index in [9.17, 15) is 10.1 Å². The van der Waals surface area contributed by atoms with Gasteiger partial charge in [0.25, 0.3) is 0 Å². The maximum atomic E-state index is 10.6. The van der Waals surface area contributed by atoms with Crippen molar-refractivity contribution in [2.75, 3.05) is 5.75 Å². The van der Waals surface area contributed by atoms with E-state index in [0.717, 1.165) is 25.0 Å². The van der Waals surface area contributed by atoms with Gasteiger partial charge in [0, 0.05) is 6.92 Å². The summed E-state index contributed by atoms with van der Waals surface area (Å²) in [6.07, 6.45) is 3.39. The first kappa shape index (κ1) is 12.0. The average molecular weight is 229 g/mol. The van der Waals surface area contributed by atoms with E-state index in [-0.39, 0.29) is 5.82 Å². The fourth-order valence-corrected chi connectivity index (χ4v) is 2.21. The maximum Gasteiger partial charge on any atom is 0.354 e. The Labute approximate surface area is 92.8 Å². The molecule has 15 heavy (non-hydrogen) atoms. The van der Waals surface area contributed by atoms with Crippen LogP contribution in [0.2, 0.25) is 0 Å². The molecule has 0 bridgehead atoms. The molecule has 0 saturated heterocycles. The van der Waals surface area contributed by atoms with E-state index in [1.54, 1.807) is 6.92 Å². The largest absolute Gasteiger partial charge is 0.358 e. The summed E-state index contributed by atoms with van der Waals surface area (Å²) >= 11 is 1.45. The zero-order valence-electron chi connectivity index (χ0n) is 8.95. The van der Waals surface area contributed by atoms with Gasteiger partial charge >= 0.3 is 5.82 Å². The van der Waals surface area contributed by atoms with Gasteiger partial charge < -0.3 is 10.1 Å². The first-order valence-electron chi connectivity index (χ1n) is 4.99. The maximum absolute atomic E-state index is 10.6. The zero-order chi connectivity index (χ0) is 11.3. The molecule has 0 spiro atoms. The van der Waals surface area contributed by atoms with Crippen LogP contribution in [0.15, 0.2) is 5.03 Å². The summed E-state index contributed by atoms with van der Waals surface area (Å²) in [7, 11) is 0. The van der Waals surface area contributed by atoms with Gasteiger partial charge in [-0.2, -0.15) is 4.98 Å². The first-order valence-corrected chi connectivity index (χ1v) is 5.97. The molecule has 0 atom stereocenters. The summed E-state index contributed by atoms with van der Waals surface area (Å²) in [5, 5.41) is 11.2. The number of aromatic amines is 1. The summed E-state index contributed by atoms with van der Waals surface area (Å²) in [6, 6.07) is 0. The number of rotatable bonds is 6. The molecule has 1 aromatic heterocycles. The molecule has 0 saturated carbocycles. The number of H-pyrrole nitrogens is 1. The number of thioether (sulfide) groups is 1. The van der Waals surface area contributed by atoms with Crippen molar-refractivity contribution in [3.8, 4) is 0 Å². The van der Waals surface area contributed by atoms with Crippen LogP contribution in [0, 0.1) is 17.0 Å². The van der Waals surface area contributed by atoms with Crippen LogP contribution in [0.25, 0.3) is 0 Å². The fourth-order valence-electron chi connectivity index (χ4n) is 1.20. The van der Waals surface area contributed by atoms with Gasteiger partial charge in [-0.05, 0) is 17.1 Å². The Morgan fingerprint density at radius 3 is 2.87 bits per heavy atom. The third-order valence-electron chi connectivity index (χ3n) is 1.94. The first-order chi connectivity index (χ1) is 7.15. The van der Waals surface area contributed by atoms with Crippen LogP contribution in [0.5, 0.6) is 0 Å². The monoisotopic (exact) mass is 229 g/mol. The second-order valence-electron chi connectivity index (χ2n) is 3.29. The summed E-state index contributed by atoms with van der Waals surface area (Å²) < 4.78 is 0. The number of hydrogen-bond acceptors (Lipinski definition) is 4. The number of aromatic nitrogens is 2. The molecule has 1 aromatic rings. The average Bonchev–Trinajstić information content (AvgIpc) is 2.55. The molecule has 0 aliphatic carbocycles. The fraction of sp³-hybridized carbons (Fsp3) is 0.667. The van der Waals surface area contributed by atoms with E-state index < -0.39 is 4.92 Å². The van der Waals surface area contributed by atoms with Crippen molar-refractivity contribution < 1.29 is 4.92 Å². The van der Waals surface area contributed by atoms with Crippen LogP contribution in [0.3, 0.4) is 0 Å². The number of aryl methyl sites for hydroxylation is 1. The van der Waals surface area contributed by atoms with Crippen molar-refractivity contribution in [3.05, 3.63) is 15.9 Å². The van der Waals surface area contributed by atoms with Crippen molar-refractivity contribution in [1.29, 1.82) is 0 Å². The Balaban J connectivity index is 2.55. The van der Waals surface area contributed by atoms with Crippen molar-refractivity contribution >= 4 is 17.6 Å². The zero-order valence-corrected chi connectivity index (χ0v) is 9.76. The van der Waals surface area contributed by atoms with Crippen molar-refractivity contribution in [3.63, 3.8) is 0 Å². The number of unbranched alkanes of at least 4 members (excludes halogenated alkanes) is 2. The van der Waals surface area contributed by atoms with Crippen LogP contribution in [-0.4, -0.2) is 20.6 Å². The van der Waals surface area contributed by atoms with E-state index in [4.69, 9.17) is 0 Å². The van der Waals surface area contributed by atoms with E-state index >= 15 is 0 Å². The number of nitro groups is 1. The second-order valence-corrected chi connectivity index (χ2v) is 4.37. The topological polar surface area (TPSA) is 71.8 Å². The minimum atomic E-state index is -0.415. The minimum Gasteiger partial charge on any atom is -0.358 e. The van der Waals surface area contributed by atoms with E-state index in [1.165, 1.54) is 11.8 Å². The summed E-state index contributed by atoms with van der Waals surface area (Å²) in [6.45, 7) is 3.86. The summed E-state index contributed by atoms with van der Waals surface area (Å²) in [5.74, 6) is 1.51. The number of hydrogen-bond donors (Lipinski definition) is 1. The van der Waals surface area contributed by atoms with Crippen molar-refractivity contribution in [2.24, 2.45) is 0 Å². The standard InChI is InChI=1S/C9H15N3O2S/c1-3-4-5-6-15-9-8(12(13)14)10-7(2)11-9/h3-6H2,1-2H3,(H,10,11). The Morgan fingerprint density at radius 2 is 2.27 bits per heavy atom. The molecule has 0 amide bonds. The highest BCUT2D eigenvalue weighted by Gasteiger charge is 2.17. The molecular formula is C9H15N3O2S. The molecule has 0 aliphatic heterocycles. The van der Waals surface area contributed by atoms with Gasteiger partial charge in [-0.1, -0.05) is 31.5 Å². The molecule has 0 radical (unpaired) electrons. The lowest BCUT2D eigenvalue weighted by molar-refractivity contribution is -0.392. The predicted octanol–water partition coefficient (Wildman–Crippen LogP) is 2.91. The van der Waals surface area contributed by atoms with Crippen LogP contribution in [-0.2, 0) is 0 Å². The summed E-state index contributed by atoms with van der Waals surface area (Å²) in [4.78, 5) is 17.0. The smallest absolute Gasteiger partial charge is 0.354 e. The van der Waals surface area contributed by atoms with Gasteiger partial charge in [-0.25, -0.2) is 4.98 Å². The number of imidazole rings is 1. The number of nitrogens with zero attached hydrogens (tertiary/aromatic N) is 2. The lowest BCUT2D eigenvalue weighted by Gasteiger charge is -1.97. The number of nitrogens with one attached hydrogen (secondary N) is 1. The van der Waals surface area contributed by atoms with Gasteiger partial charge in [0.15, 0.2) is 10.9 Å². The molecule has 5 nitrogen and oxygen atoms in total. The third-order valence-corrected chi connectivity index (χ3v) is 2.99. The third kappa shape index (κ3) is 3.54. The minimum absolute atomic E-state index is 0.0222. The van der Waals surface area contributed by atoms with Crippen LogP contribution in [0.1, 0.15) is 32.0 Å². The molecule has 6 heteroatoms. The highest BCUT2D eigenvalue weighted by molar-refractivity contribution is 7.99. The van der Waals surface area contributed by atoms with Crippen LogP contribution >= 0.6 is 11.8 Å². The summed E-state index contributed by atoms with van der Waals surface area (Å²) in [5.41, 5.74) is 0. The predicted molar refractivity (Wildman–Crippen MR) is 60.2 cm³/mol. The molecule has 0 aromatic carbocycles. The SMILES string of the molecule is CCCCCSc1nc(C)[nH]c1[N+](=O)[O-]. The van der Waals surface area contributed by atoms with Crippen molar-refractivity contribution in [1.82, 2.24) is 9.97 Å². The normalized spacial score (nSPS) is 10.5. The quantitative estimate of drug-likeness (QED) is 0.352. The molecule has 1 rings (SSSR count). The molecule has 0 fully saturated rings. The molecular weight excluding hydrogens is 214 g/mol. The molecule has 84 valence electrons. The highest BCUT2D eigenvalue weighted by Crippen LogP contribution is 2.27. The van der Waals surface area contributed by atoms with Gasteiger partial charge in [-0.3, -0.25) is 0 Å². The van der Waals surface area contributed by atoms with E-state index in [2.05, 4.69) is 16.9 Å². The van der Waals surface area contributed by atoms with Gasteiger partial charge in [0.2, 0.25) is 0 Å².